The minimum Gasteiger partial charge on any atom is -0.444 e. The number of rotatable bonds is 7. The Balaban J connectivity index is 1.83. The highest BCUT2D eigenvalue weighted by Crippen LogP contribution is 2.33. The molecule has 1 aliphatic rings. The molecule has 0 spiro atoms. The van der Waals surface area contributed by atoms with E-state index in [1.807, 2.05) is 25.1 Å². The smallest absolute Gasteiger partial charge is 0.409 e. The highest BCUT2D eigenvalue weighted by Gasteiger charge is 2.24. The Morgan fingerprint density at radius 3 is 2.79 bits per heavy atom. The number of carbonyl (C=O) groups excluding carboxylic acids is 1. The van der Waals surface area contributed by atoms with Crippen LogP contribution >= 0.6 is 22.9 Å². The topological polar surface area (TPSA) is 99.9 Å². The van der Waals surface area contributed by atoms with Gasteiger partial charge >= 0.3 is 6.09 Å². The van der Waals surface area contributed by atoms with E-state index in [1.165, 1.54) is 16.4 Å². The summed E-state index contributed by atoms with van der Waals surface area (Å²) in [7, 11) is 0. The van der Waals surface area contributed by atoms with Crippen molar-refractivity contribution in [2.24, 2.45) is 0 Å². The van der Waals surface area contributed by atoms with Crippen LogP contribution in [0.5, 0.6) is 0 Å². The Kier molecular flexibility index (Phi) is 8.37. The average Bonchev–Trinajstić information content (AvgIpc) is 3.20. The van der Waals surface area contributed by atoms with Crippen LogP contribution in [0.25, 0.3) is 0 Å². The maximum Gasteiger partial charge on any atom is 0.409 e. The highest BCUT2D eigenvalue weighted by molar-refractivity contribution is 7.16. The van der Waals surface area contributed by atoms with E-state index in [9.17, 15) is 10.1 Å². The molecule has 0 atom stereocenters. The number of morpholine rings is 1. The number of benzene rings is 1. The summed E-state index contributed by atoms with van der Waals surface area (Å²) in [5.41, 5.74) is 1.18. The van der Waals surface area contributed by atoms with Crippen molar-refractivity contribution in [3.63, 3.8) is 0 Å². The van der Waals surface area contributed by atoms with Gasteiger partial charge in [-0.2, -0.15) is 10.2 Å². The van der Waals surface area contributed by atoms with Crippen molar-refractivity contribution in [1.29, 1.82) is 5.26 Å². The molecule has 3 rings (SSSR count). The molecule has 1 aromatic heterocycles. The van der Waals surface area contributed by atoms with Gasteiger partial charge in [0.1, 0.15) is 18.4 Å². The van der Waals surface area contributed by atoms with Gasteiger partial charge in [-0.3, -0.25) is 10.2 Å². The molecule has 1 saturated heterocycles. The van der Waals surface area contributed by atoms with Crippen LogP contribution in [-0.2, 0) is 20.9 Å². The number of nitrogens with zero attached hydrogens (tertiary/aromatic N) is 4. The third-order valence-electron chi connectivity index (χ3n) is 4.75. The molecule has 0 saturated carbocycles. The zero-order chi connectivity index (χ0) is 24.0. The Morgan fingerprint density at radius 1 is 1.39 bits per heavy atom. The molecule has 9 nitrogen and oxygen atoms in total. The number of hydroxylamine groups is 1. The van der Waals surface area contributed by atoms with E-state index in [1.54, 1.807) is 20.8 Å². The standard InChI is InChI=1S/C22H28ClN5O4S/c1-15-16(6-5-7-17(15)23)13-28(31-14-25-21(29)32-22(2,3)4)19-18(12-24)33-20(26-19)27-8-10-30-11-9-27/h5-7H,8-11,13-14H2,1-4H3,(H,25,29). The molecule has 0 aliphatic carbocycles. The first-order chi connectivity index (χ1) is 15.7. The van der Waals surface area contributed by atoms with Crippen molar-refractivity contribution in [3.8, 4) is 6.07 Å². The van der Waals surface area contributed by atoms with E-state index in [0.717, 1.165) is 16.3 Å². The molecule has 1 aromatic carbocycles. The number of hydrogen-bond donors (Lipinski definition) is 1. The summed E-state index contributed by atoms with van der Waals surface area (Å²) in [6.07, 6.45) is -0.603. The summed E-state index contributed by atoms with van der Waals surface area (Å²) in [6, 6.07) is 7.82. The lowest BCUT2D eigenvalue weighted by molar-refractivity contribution is 0.0342. The second-order valence-corrected chi connectivity index (χ2v) is 9.76. The van der Waals surface area contributed by atoms with Crippen molar-refractivity contribution in [1.82, 2.24) is 10.3 Å². The summed E-state index contributed by atoms with van der Waals surface area (Å²) in [5.74, 6) is 0.384. The van der Waals surface area contributed by atoms with Gasteiger partial charge in [-0.1, -0.05) is 35.1 Å². The molecule has 2 aromatic rings. The monoisotopic (exact) mass is 493 g/mol. The average molecular weight is 494 g/mol. The van der Waals surface area contributed by atoms with E-state index < -0.39 is 11.7 Å². The maximum atomic E-state index is 12.0. The number of halogens is 1. The number of carbonyl (C=O) groups is 1. The second kappa shape index (κ2) is 11.0. The lowest BCUT2D eigenvalue weighted by Gasteiger charge is -2.26. The van der Waals surface area contributed by atoms with Crippen molar-refractivity contribution in [2.45, 2.75) is 39.8 Å². The van der Waals surface area contributed by atoms with Crippen LogP contribution in [-0.4, -0.2) is 49.7 Å². The number of nitrogens with one attached hydrogen (secondary N) is 1. The molecule has 0 radical (unpaired) electrons. The number of aromatic nitrogens is 1. The Labute approximate surface area is 202 Å². The SMILES string of the molecule is Cc1c(Cl)cccc1CN(OCNC(=O)OC(C)(C)C)c1nc(N2CCOCC2)sc1C#N. The second-order valence-electron chi connectivity index (χ2n) is 8.37. The fourth-order valence-corrected chi connectivity index (χ4v) is 4.18. The highest BCUT2D eigenvalue weighted by atomic mass is 35.5. The van der Waals surface area contributed by atoms with Crippen LogP contribution in [0.1, 0.15) is 36.8 Å². The molecule has 0 unspecified atom stereocenters. The minimum absolute atomic E-state index is 0.163. The lowest BCUT2D eigenvalue weighted by Crippen LogP contribution is -2.37. The Bertz CT molecular complexity index is 1010. The molecule has 1 amide bonds. The van der Waals surface area contributed by atoms with Crippen LogP contribution in [0.2, 0.25) is 5.02 Å². The Hall–Kier alpha value is -2.58. The molecule has 0 bridgehead atoms. The van der Waals surface area contributed by atoms with Crippen LogP contribution in [0.15, 0.2) is 18.2 Å². The molecule has 1 aliphatic heterocycles. The number of nitriles is 1. The van der Waals surface area contributed by atoms with E-state index >= 15 is 0 Å². The predicted molar refractivity (Wildman–Crippen MR) is 128 cm³/mol. The summed E-state index contributed by atoms with van der Waals surface area (Å²) in [6.45, 7) is 10.00. The van der Waals surface area contributed by atoms with Gasteiger partial charge in [0.15, 0.2) is 15.8 Å². The number of alkyl carbamates (subject to hydrolysis) is 1. The normalized spacial score (nSPS) is 14.0. The van der Waals surface area contributed by atoms with Gasteiger partial charge in [0.05, 0.1) is 19.8 Å². The van der Waals surface area contributed by atoms with Gasteiger partial charge in [0.2, 0.25) is 0 Å². The predicted octanol–water partition coefficient (Wildman–Crippen LogP) is 4.23. The van der Waals surface area contributed by atoms with Crippen LogP contribution < -0.4 is 15.3 Å². The molecule has 178 valence electrons. The van der Waals surface area contributed by atoms with Gasteiger partial charge in [-0.25, -0.2) is 9.86 Å². The van der Waals surface area contributed by atoms with Gasteiger partial charge in [0.25, 0.3) is 0 Å². The number of hydrogen-bond acceptors (Lipinski definition) is 9. The van der Waals surface area contributed by atoms with Crippen LogP contribution in [0.3, 0.4) is 0 Å². The third kappa shape index (κ3) is 6.95. The van der Waals surface area contributed by atoms with Crippen molar-refractivity contribution < 1.29 is 19.1 Å². The lowest BCUT2D eigenvalue weighted by atomic mass is 10.1. The van der Waals surface area contributed by atoms with Crippen molar-refractivity contribution in [2.75, 3.05) is 43.0 Å². The molecular weight excluding hydrogens is 466 g/mol. The first-order valence-corrected chi connectivity index (χ1v) is 11.7. The summed E-state index contributed by atoms with van der Waals surface area (Å²) >= 11 is 7.60. The Morgan fingerprint density at radius 2 is 2.12 bits per heavy atom. The van der Waals surface area contributed by atoms with Crippen molar-refractivity contribution >= 4 is 40.0 Å². The molecule has 1 N–H and O–H groups in total. The number of amides is 1. The first kappa shape index (κ1) is 25.1. The van der Waals surface area contributed by atoms with E-state index in [0.29, 0.717) is 42.0 Å². The number of thiazole rings is 1. The first-order valence-electron chi connectivity index (χ1n) is 10.5. The third-order valence-corrected chi connectivity index (χ3v) is 6.17. The van der Waals surface area contributed by atoms with Gasteiger partial charge in [-0.15, -0.1) is 0 Å². The van der Waals surface area contributed by atoms with E-state index in [2.05, 4.69) is 16.3 Å². The largest absolute Gasteiger partial charge is 0.444 e. The van der Waals surface area contributed by atoms with E-state index in [4.69, 9.17) is 30.9 Å². The molecule has 33 heavy (non-hydrogen) atoms. The van der Waals surface area contributed by atoms with Crippen molar-refractivity contribution in [3.05, 3.63) is 39.2 Å². The zero-order valence-corrected chi connectivity index (χ0v) is 20.8. The fraction of sp³-hybridized carbons (Fsp3) is 0.500. The minimum atomic E-state index is -0.627. The van der Waals surface area contributed by atoms with E-state index in [-0.39, 0.29) is 13.3 Å². The fourth-order valence-electron chi connectivity index (χ4n) is 3.08. The van der Waals surface area contributed by atoms with Gasteiger partial charge in [-0.05, 0) is 44.9 Å². The van der Waals surface area contributed by atoms with Gasteiger partial charge in [0, 0.05) is 18.1 Å². The summed E-state index contributed by atoms with van der Waals surface area (Å²) < 4.78 is 10.7. The molecular formula is C22H28ClN5O4S. The summed E-state index contributed by atoms with van der Waals surface area (Å²) in [5, 5.41) is 15.2. The zero-order valence-electron chi connectivity index (χ0n) is 19.2. The van der Waals surface area contributed by atoms with Crippen LogP contribution in [0, 0.1) is 18.3 Å². The number of ether oxygens (including phenoxy) is 2. The maximum absolute atomic E-state index is 12.0. The number of anilines is 2. The van der Waals surface area contributed by atoms with Gasteiger partial charge < -0.3 is 14.4 Å². The molecule has 2 heterocycles. The molecule has 1 fully saturated rings. The summed E-state index contributed by atoms with van der Waals surface area (Å²) in [4.78, 5) is 25.1. The van der Waals surface area contributed by atoms with Crippen LogP contribution in [0.4, 0.5) is 15.7 Å². The quantitative estimate of drug-likeness (QED) is 0.451. The molecule has 11 heteroatoms.